The Morgan fingerprint density at radius 2 is 1.60 bits per heavy atom. The lowest BCUT2D eigenvalue weighted by molar-refractivity contribution is -0.321. The molecule has 0 spiro atoms. The third-order valence-electron chi connectivity index (χ3n) is 4.13. The fourth-order valence-corrected chi connectivity index (χ4v) is 2.95. The number of esters is 1. The maximum atomic E-state index is 12.3. The first kappa shape index (κ1) is 17.3. The third-order valence-corrected chi connectivity index (χ3v) is 4.13. The molecule has 0 atom stereocenters. The minimum Gasteiger partial charge on any atom is -0.426 e. The summed E-state index contributed by atoms with van der Waals surface area (Å²) >= 11 is 0. The second-order valence-corrected chi connectivity index (χ2v) is 6.36. The molecule has 0 N–H and O–H groups in total. The summed E-state index contributed by atoms with van der Waals surface area (Å²) in [6, 6.07) is 9.60. The normalized spacial score (nSPS) is 17.3. The topological polar surface area (TPSA) is 44.8 Å². The molecule has 0 aromatic heterocycles. The van der Waals surface area contributed by atoms with Gasteiger partial charge < -0.3 is 14.2 Å². The Morgan fingerprint density at radius 1 is 1.00 bits per heavy atom. The van der Waals surface area contributed by atoms with E-state index in [4.69, 9.17) is 14.2 Å². The van der Waals surface area contributed by atoms with Crippen LogP contribution in [0, 0.1) is 0 Å². The van der Waals surface area contributed by atoms with E-state index in [2.05, 4.69) is 0 Å². The number of hydrogen-bond acceptors (Lipinski definition) is 4. The highest BCUT2D eigenvalue weighted by atomic mass is 16.9. The second-order valence-electron chi connectivity index (χ2n) is 6.36. The zero-order chi connectivity index (χ0) is 17.5. The summed E-state index contributed by atoms with van der Waals surface area (Å²) in [6.45, 7) is 1.65. The Balaban J connectivity index is 1.67. The van der Waals surface area contributed by atoms with E-state index in [1.165, 1.54) is 6.08 Å². The van der Waals surface area contributed by atoms with E-state index in [1.54, 1.807) is 13.0 Å². The maximum Gasteiger partial charge on any atom is 0.415 e. The van der Waals surface area contributed by atoms with Crippen molar-refractivity contribution >= 4 is 12.0 Å². The highest BCUT2D eigenvalue weighted by molar-refractivity contribution is 5.87. The Morgan fingerprint density at radius 3 is 2.12 bits per heavy atom. The summed E-state index contributed by atoms with van der Waals surface area (Å²) in [5.41, 5.74) is 0.931. The lowest BCUT2D eigenvalue weighted by Gasteiger charge is -2.30. The first-order chi connectivity index (χ1) is 12.1. The zero-order valence-electron chi connectivity index (χ0n) is 14.6. The van der Waals surface area contributed by atoms with Gasteiger partial charge in [0, 0.05) is 18.9 Å². The van der Waals surface area contributed by atoms with Gasteiger partial charge in [0.2, 0.25) is 0 Å². The van der Waals surface area contributed by atoms with E-state index in [9.17, 15) is 4.79 Å². The van der Waals surface area contributed by atoms with Crippen LogP contribution in [0.3, 0.4) is 0 Å². The molecule has 25 heavy (non-hydrogen) atoms. The van der Waals surface area contributed by atoms with E-state index in [0.717, 1.165) is 55.6 Å². The van der Waals surface area contributed by atoms with Crippen molar-refractivity contribution in [2.24, 2.45) is 0 Å². The van der Waals surface area contributed by atoms with Crippen molar-refractivity contribution in [1.82, 2.24) is 0 Å². The maximum absolute atomic E-state index is 12.3. The van der Waals surface area contributed by atoms with E-state index in [0.29, 0.717) is 0 Å². The first-order valence-electron chi connectivity index (χ1n) is 8.85. The number of hydrogen-bond donors (Lipinski definition) is 0. The minimum absolute atomic E-state index is 0.497. The number of carbonyl (C=O) groups is 1. The molecule has 0 fully saturated rings. The van der Waals surface area contributed by atoms with E-state index >= 15 is 0 Å². The van der Waals surface area contributed by atoms with Gasteiger partial charge in [0.25, 0.3) is 0 Å². The van der Waals surface area contributed by atoms with Gasteiger partial charge >= 0.3 is 11.9 Å². The molecule has 0 saturated carbocycles. The fraction of sp³-hybridized carbons (Fsp3) is 0.381. The smallest absolute Gasteiger partial charge is 0.415 e. The molecule has 2 aliphatic carbocycles. The van der Waals surface area contributed by atoms with Crippen molar-refractivity contribution < 1.29 is 19.0 Å². The van der Waals surface area contributed by atoms with Gasteiger partial charge in [-0.1, -0.05) is 30.3 Å². The van der Waals surface area contributed by atoms with Crippen LogP contribution < -0.4 is 0 Å². The van der Waals surface area contributed by atoms with Crippen LogP contribution in [0.5, 0.6) is 0 Å². The number of ether oxygens (including phenoxy) is 3. The first-order valence-corrected chi connectivity index (χ1v) is 8.85. The van der Waals surface area contributed by atoms with Crippen LogP contribution in [-0.4, -0.2) is 11.9 Å². The molecule has 4 heteroatoms. The Kier molecular flexibility index (Phi) is 5.59. The summed E-state index contributed by atoms with van der Waals surface area (Å²) in [5, 5.41) is 0. The highest BCUT2D eigenvalue weighted by Gasteiger charge is 2.36. The second kappa shape index (κ2) is 8.06. The summed E-state index contributed by atoms with van der Waals surface area (Å²) < 4.78 is 17.3. The Hall–Kier alpha value is -2.49. The molecule has 1 aromatic rings. The predicted molar refractivity (Wildman–Crippen MR) is 96.0 cm³/mol. The van der Waals surface area contributed by atoms with Crippen LogP contribution in [0.25, 0.3) is 6.08 Å². The molecule has 1 aromatic carbocycles. The number of benzene rings is 1. The Bertz CT molecular complexity index is 659. The average molecular weight is 340 g/mol. The van der Waals surface area contributed by atoms with Gasteiger partial charge in [-0.3, -0.25) is 0 Å². The number of allylic oxidation sites excluding steroid dienone is 4. The molecule has 2 aliphatic rings. The van der Waals surface area contributed by atoms with Gasteiger partial charge in [-0.25, -0.2) is 4.79 Å². The molecule has 132 valence electrons. The lowest BCUT2D eigenvalue weighted by atomic mass is 10.2. The monoisotopic (exact) mass is 340 g/mol. The average Bonchev–Trinajstić information content (AvgIpc) is 3.27. The SMILES string of the molecule is CC(OC(=O)C=Cc1ccccc1)(OC1=CCCC1)OC1=CCCC1. The quantitative estimate of drug-likeness (QED) is 0.394. The molecule has 0 heterocycles. The van der Waals surface area contributed by atoms with Crippen LogP contribution in [0.2, 0.25) is 0 Å². The molecule has 3 rings (SSSR count). The molecule has 0 aliphatic heterocycles. The van der Waals surface area contributed by atoms with E-state index in [1.807, 2.05) is 42.5 Å². The predicted octanol–water partition coefficient (Wildman–Crippen LogP) is 5.09. The van der Waals surface area contributed by atoms with Crippen molar-refractivity contribution in [2.45, 2.75) is 51.4 Å². The molecular formula is C21H24O4. The molecule has 0 unspecified atom stereocenters. The van der Waals surface area contributed by atoms with Crippen LogP contribution >= 0.6 is 0 Å². The summed E-state index contributed by atoms with van der Waals surface area (Å²) in [6.07, 6.45) is 12.9. The molecular weight excluding hydrogens is 316 g/mol. The Labute approximate surface area is 148 Å². The van der Waals surface area contributed by atoms with Crippen LogP contribution in [0.1, 0.15) is 51.0 Å². The molecule has 0 amide bonds. The van der Waals surface area contributed by atoms with Crippen LogP contribution in [0.4, 0.5) is 0 Å². The molecule has 0 bridgehead atoms. The standard InChI is InChI=1S/C21H24O4/c1-21(23-18-11-5-6-12-18,24-19-13-7-8-14-19)25-20(22)16-15-17-9-3-2-4-10-17/h2-4,9-11,13,15-16H,5-8,12,14H2,1H3. The summed E-state index contributed by atoms with van der Waals surface area (Å²) in [4.78, 5) is 12.3. The largest absolute Gasteiger partial charge is 0.426 e. The van der Waals surface area contributed by atoms with Crippen molar-refractivity contribution in [3.8, 4) is 0 Å². The summed E-state index contributed by atoms with van der Waals surface area (Å²) in [7, 11) is 0. The molecule has 0 radical (unpaired) electrons. The van der Waals surface area contributed by atoms with Gasteiger partial charge in [0.1, 0.15) is 11.5 Å². The van der Waals surface area contributed by atoms with Crippen LogP contribution in [0.15, 0.2) is 60.1 Å². The molecule has 4 nitrogen and oxygen atoms in total. The van der Waals surface area contributed by atoms with Crippen molar-refractivity contribution in [3.05, 3.63) is 65.6 Å². The fourth-order valence-electron chi connectivity index (χ4n) is 2.95. The third kappa shape index (κ3) is 5.24. The summed E-state index contributed by atoms with van der Waals surface area (Å²) in [5.74, 6) is -0.296. The van der Waals surface area contributed by atoms with Gasteiger partial charge in [-0.15, -0.1) is 0 Å². The van der Waals surface area contributed by atoms with Gasteiger partial charge in [0.05, 0.1) is 6.92 Å². The van der Waals surface area contributed by atoms with Gasteiger partial charge in [-0.2, -0.15) is 0 Å². The van der Waals surface area contributed by atoms with E-state index in [-0.39, 0.29) is 0 Å². The van der Waals surface area contributed by atoms with Gasteiger partial charge in [-0.05, 0) is 49.5 Å². The minimum atomic E-state index is -1.44. The van der Waals surface area contributed by atoms with Crippen molar-refractivity contribution in [1.29, 1.82) is 0 Å². The van der Waals surface area contributed by atoms with E-state index < -0.39 is 11.9 Å². The highest BCUT2D eigenvalue weighted by Crippen LogP contribution is 2.31. The molecule has 0 saturated heterocycles. The van der Waals surface area contributed by atoms with Gasteiger partial charge in [0.15, 0.2) is 0 Å². The van der Waals surface area contributed by atoms with Crippen LogP contribution in [-0.2, 0) is 19.0 Å². The number of rotatable bonds is 7. The van der Waals surface area contributed by atoms with Crippen molar-refractivity contribution in [3.63, 3.8) is 0 Å². The number of carbonyl (C=O) groups excluding carboxylic acids is 1. The zero-order valence-corrected chi connectivity index (χ0v) is 14.6. The van der Waals surface area contributed by atoms with Crippen molar-refractivity contribution in [2.75, 3.05) is 0 Å². The lowest BCUT2D eigenvalue weighted by Crippen LogP contribution is -2.37.